The lowest BCUT2D eigenvalue weighted by molar-refractivity contribution is -0.112. The Balaban J connectivity index is 1.25. The summed E-state index contributed by atoms with van der Waals surface area (Å²) in [7, 11) is 0. The lowest BCUT2D eigenvalue weighted by Crippen LogP contribution is -2.29. The number of anilines is 2. The molecule has 0 fully saturated rings. The zero-order chi connectivity index (χ0) is 34.4. The number of hydrogen-bond acceptors (Lipinski definition) is 6. The van der Waals surface area contributed by atoms with E-state index in [-0.39, 0.29) is 5.91 Å². The number of nitrogens with zero attached hydrogens (tertiary/aromatic N) is 3. The van der Waals surface area contributed by atoms with Gasteiger partial charge in [0.05, 0.1) is 12.4 Å². The molecule has 49 heavy (non-hydrogen) atoms. The first-order chi connectivity index (χ1) is 23.9. The molecule has 0 saturated heterocycles. The maximum atomic E-state index is 13.7. The molecule has 260 valence electrons. The normalized spacial score (nSPS) is 12.8. The minimum atomic E-state index is -0.0544. The van der Waals surface area contributed by atoms with Crippen molar-refractivity contribution in [2.24, 2.45) is 5.92 Å². The van der Waals surface area contributed by atoms with Crippen LogP contribution in [0, 0.1) is 5.92 Å². The first kappa shape index (κ1) is 36.3. The molecular formula is C41H52N4O3S. The van der Waals surface area contributed by atoms with Crippen LogP contribution in [0.25, 0.3) is 17.2 Å². The number of hydrogen-bond donors (Lipinski definition) is 1. The Morgan fingerprint density at radius 1 is 0.939 bits per heavy atom. The van der Waals surface area contributed by atoms with Crippen LogP contribution in [0.3, 0.4) is 0 Å². The Morgan fingerprint density at radius 2 is 1.71 bits per heavy atom. The Labute approximate surface area is 297 Å². The Morgan fingerprint density at radius 3 is 2.47 bits per heavy atom. The molecule has 1 aromatic heterocycles. The molecule has 7 nitrogen and oxygen atoms in total. The van der Waals surface area contributed by atoms with E-state index < -0.39 is 0 Å². The average Bonchev–Trinajstić information content (AvgIpc) is 3.48. The highest BCUT2D eigenvalue weighted by atomic mass is 32.2. The number of amides is 1. The summed E-state index contributed by atoms with van der Waals surface area (Å²) in [5.41, 5.74) is 6.03. The van der Waals surface area contributed by atoms with Gasteiger partial charge in [-0.05, 0) is 96.5 Å². The third-order valence-electron chi connectivity index (χ3n) is 8.59. The van der Waals surface area contributed by atoms with Gasteiger partial charge < -0.3 is 24.3 Å². The van der Waals surface area contributed by atoms with Crippen molar-refractivity contribution in [3.8, 4) is 16.9 Å². The third-order valence-corrected chi connectivity index (χ3v) is 9.59. The first-order valence-electron chi connectivity index (χ1n) is 17.9. The number of nitrogens with one attached hydrogen (secondary N) is 1. The Hall–Kier alpha value is -4.01. The molecule has 0 spiro atoms. The van der Waals surface area contributed by atoms with Crippen LogP contribution in [-0.4, -0.2) is 48.4 Å². The highest BCUT2D eigenvalue weighted by molar-refractivity contribution is 7.98. The van der Waals surface area contributed by atoms with Crippen LogP contribution in [0.2, 0.25) is 0 Å². The summed E-state index contributed by atoms with van der Waals surface area (Å²) in [6.45, 7) is 13.5. The largest absolute Gasteiger partial charge is 0.491 e. The van der Waals surface area contributed by atoms with Crippen LogP contribution in [0.5, 0.6) is 5.75 Å². The zero-order valence-corrected chi connectivity index (χ0v) is 30.4. The highest BCUT2D eigenvalue weighted by Crippen LogP contribution is 2.34. The number of rotatable bonds is 18. The first-order valence-corrected chi connectivity index (χ1v) is 18.9. The van der Waals surface area contributed by atoms with Crippen molar-refractivity contribution < 1.29 is 14.3 Å². The van der Waals surface area contributed by atoms with E-state index in [0.717, 1.165) is 95.7 Å². The molecule has 1 N–H and O–H groups in total. The molecule has 4 aromatic rings. The second-order valence-corrected chi connectivity index (χ2v) is 14.1. The van der Waals surface area contributed by atoms with Crippen LogP contribution in [0.1, 0.15) is 71.2 Å². The fourth-order valence-corrected chi connectivity index (χ4v) is 6.76. The lowest BCUT2D eigenvalue weighted by Gasteiger charge is -2.27. The SMILES string of the molecule is CCCCOCCOc1ccc(-c2ccc3c(c2)C=C(C(=O)Nc2ccc(SCc4nccn4CCCC)cc2)CCN3CC(C)C)cc1. The van der Waals surface area contributed by atoms with Crippen LogP contribution >= 0.6 is 11.8 Å². The van der Waals surface area contributed by atoms with Gasteiger partial charge in [-0.15, -0.1) is 11.8 Å². The number of imidazole rings is 1. The molecular weight excluding hydrogens is 629 g/mol. The van der Waals surface area contributed by atoms with Crippen molar-refractivity contribution in [2.75, 3.05) is 43.1 Å². The predicted molar refractivity (Wildman–Crippen MR) is 205 cm³/mol. The molecule has 1 aliphatic rings. The molecule has 0 saturated carbocycles. The minimum absolute atomic E-state index is 0.0544. The summed E-state index contributed by atoms with van der Waals surface area (Å²) in [5.74, 6) is 3.19. The molecule has 2 heterocycles. The highest BCUT2D eigenvalue weighted by Gasteiger charge is 2.21. The van der Waals surface area contributed by atoms with Crippen LogP contribution in [-0.2, 0) is 21.8 Å². The van der Waals surface area contributed by atoms with Gasteiger partial charge in [-0.25, -0.2) is 4.98 Å². The van der Waals surface area contributed by atoms with Gasteiger partial charge in [0.1, 0.15) is 18.2 Å². The fourth-order valence-electron chi connectivity index (χ4n) is 5.90. The zero-order valence-electron chi connectivity index (χ0n) is 29.6. The van der Waals surface area contributed by atoms with Gasteiger partial charge in [-0.3, -0.25) is 4.79 Å². The van der Waals surface area contributed by atoms with E-state index >= 15 is 0 Å². The molecule has 3 aromatic carbocycles. The van der Waals surface area contributed by atoms with Gasteiger partial charge in [0.2, 0.25) is 0 Å². The van der Waals surface area contributed by atoms with Crippen molar-refractivity contribution in [3.63, 3.8) is 0 Å². The van der Waals surface area contributed by atoms with Crippen molar-refractivity contribution in [3.05, 3.63) is 96.1 Å². The monoisotopic (exact) mass is 680 g/mol. The standard InChI is InChI=1S/C41H52N4O3S/c1-5-7-21-44-23-20-42-40(44)30-49-38-16-12-36(13-17-38)43-41(46)34-19-22-45(29-31(3)4)39-18-11-33(27-35(39)28-34)32-9-14-37(15-10-32)48-26-25-47-24-8-6-2/h9-18,20,23,27-28,31H,5-8,19,21-22,24-26,29-30H2,1-4H3,(H,43,46). The van der Waals surface area contributed by atoms with E-state index in [4.69, 9.17) is 9.47 Å². The number of carbonyl (C=O) groups is 1. The van der Waals surface area contributed by atoms with E-state index in [1.807, 2.05) is 30.5 Å². The van der Waals surface area contributed by atoms with Gasteiger partial charge in [-0.1, -0.05) is 58.7 Å². The van der Waals surface area contributed by atoms with Crippen molar-refractivity contribution in [1.29, 1.82) is 0 Å². The van der Waals surface area contributed by atoms with E-state index in [9.17, 15) is 4.79 Å². The fraction of sp³-hybridized carbons (Fsp3) is 0.415. The molecule has 5 rings (SSSR count). The van der Waals surface area contributed by atoms with Crippen molar-refractivity contribution >= 4 is 35.1 Å². The number of aromatic nitrogens is 2. The summed E-state index contributed by atoms with van der Waals surface area (Å²) in [6, 6.07) is 22.9. The number of carbonyl (C=O) groups excluding carboxylic acids is 1. The molecule has 0 aliphatic carbocycles. The predicted octanol–water partition coefficient (Wildman–Crippen LogP) is 9.73. The molecule has 0 radical (unpaired) electrons. The summed E-state index contributed by atoms with van der Waals surface area (Å²) in [6.07, 6.45) is 11.2. The topological polar surface area (TPSA) is 68.6 Å². The molecule has 0 unspecified atom stereocenters. The quantitative estimate of drug-likeness (QED) is 0.0834. The second-order valence-electron chi connectivity index (χ2n) is 13.0. The number of unbranched alkanes of at least 4 members (excludes halogenated alkanes) is 2. The van der Waals surface area contributed by atoms with Crippen molar-refractivity contribution in [2.45, 2.75) is 77.0 Å². The Bertz CT molecular complexity index is 1650. The van der Waals surface area contributed by atoms with E-state index in [0.29, 0.717) is 25.6 Å². The number of fused-ring (bicyclic) bond motifs is 1. The lowest BCUT2D eigenvalue weighted by atomic mass is 10.00. The van der Waals surface area contributed by atoms with E-state index in [2.05, 4.69) is 102 Å². The number of benzene rings is 3. The molecule has 0 atom stereocenters. The smallest absolute Gasteiger partial charge is 0.251 e. The van der Waals surface area contributed by atoms with E-state index in [1.165, 1.54) is 12.1 Å². The Kier molecular flexibility index (Phi) is 13.8. The number of thioether (sulfide) groups is 1. The summed E-state index contributed by atoms with van der Waals surface area (Å²) < 4.78 is 13.7. The van der Waals surface area contributed by atoms with Crippen LogP contribution < -0.4 is 15.0 Å². The summed E-state index contributed by atoms with van der Waals surface area (Å²) in [4.78, 5) is 21.8. The second kappa shape index (κ2) is 18.7. The summed E-state index contributed by atoms with van der Waals surface area (Å²) in [5, 5.41) is 3.16. The average molecular weight is 681 g/mol. The maximum Gasteiger partial charge on any atom is 0.251 e. The molecule has 1 amide bonds. The maximum absolute atomic E-state index is 13.7. The van der Waals surface area contributed by atoms with E-state index in [1.54, 1.807) is 11.8 Å². The third kappa shape index (κ3) is 10.7. The van der Waals surface area contributed by atoms with Gasteiger partial charge in [0, 0.05) is 60.5 Å². The van der Waals surface area contributed by atoms with Crippen LogP contribution in [0.4, 0.5) is 11.4 Å². The van der Waals surface area contributed by atoms with Gasteiger partial charge in [0.15, 0.2) is 0 Å². The van der Waals surface area contributed by atoms with Gasteiger partial charge in [-0.2, -0.15) is 0 Å². The molecule has 1 aliphatic heterocycles. The summed E-state index contributed by atoms with van der Waals surface area (Å²) >= 11 is 1.76. The van der Waals surface area contributed by atoms with Gasteiger partial charge >= 0.3 is 0 Å². The number of aryl methyl sites for hydroxylation is 1. The van der Waals surface area contributed by atoms with Gasteiger partial charge in [0.25, 0.3) is 5.91 Å². The minimum Gasteiger partial charge on any atom is -0.491 e. The van der Waals surface area contributed by atoms with Crippen molar-refractivity contribution in [1.82, 2.24) is 9.55 Å². The number of ether oxygens (including phenoxy) is 2. The molecule has 0 bridgehead atoms. The molecule has 8 heteroatoms. The van der Waals surface area contributed by atoms with Crippen LogP contribution in [0.15, 0.2) is 89.6 Å².